The lowest BCUT2D eigenvalue weighted by atomic mass is 10.9. The van der Waals surface area contributed by atoms with Gasteiger partial charge >= 0.3 is 6.34 Å². The molecule has 0 aromatic rings. The molecule has 0 aromatic carbocycles. The first-order valence-corrected chi connectivity index (χ1v) is 2.24. The number of rotatable bonds is 1. The van der Waals surface area contributed by atoms with E-state index < -0.39 is 0 Å². The molecule has 0 heterocycles. The van der Waals surface area contributed by atoms with E-state index >= 15 is 0 Å². The number of hydrogen-bond acceptors (Lipinski definition) is 0. The third-order valence-electron chi connectivity index (χ3n) is 0.400. The summed E-state index contributed by atoms with van der Waals surface area (Å²) < 4.78 is 1.88. The Bertz CT molecular complexity index is 70.1. The fraction of sp³-hybridized carbons (Fsp3) is 0.800. The molecule has 1 radical (unpaired) electrons. The summed E-state index contributed by atoms with van der Waals surface area (Å²) in [6, 6.07) is 0. The molecule has 0 N–H and O–H groups in total. The van der Waals surface area contributed by atoms with E-state index in [1.807, 2.05) is 37.7 Å². The average Bonchev–Trinajstić information content (AvgIpc) is 1.27. The van der Waals surface area contributed by atoms with Crippen LogP contribution in [-0.4, -0.2) is 44.0 Å². The van der Waals surface area contributed by atoms with Crippen LogP contribution in [0.25, 0.3) is 0 Å². The van der Waals surface area contributed by atoms with Crippen LogP contribution in [-0.2, 0) is 0 Å². The van der Waals surface area contributed by atoms with E-state index in [1.54, 1.807) is 0 Å². The zero-order chi connectivity index (χ0) is 5.86. The summed E-state index contributed by atoms with van der Waals surface area (Å²) in [4.78, 5) is 1.88. The van der Waals surface area contributed by atoms with Gasteiger partial charge in [0, 0.05) is 0 Å². The van der Waals surface area contributed by atoms with Crippen LogP contribution in [0, 0.1) is 0 Å². The summed E-state index contributed by atoms with van der Waals surface area (Å²) in [5.74, 6) is 0. The van der Waals surface area contributed by atoms with Crippen molar-refractivity contribution in [1.29, 1.82) is 0 Å². The van der Waals surface area contributed by atoms with Crippen molar-refractivity contribution in [3.05, 3.63) is 0 Å². The maximum absolute atomic E-state index is 2.97. The van der Waals surface area contributed by atoms with Crippen molar-refractivity contribution in [2.24, 2.45) is 0 Å². The van der Waals surface area contributed by atoms with Gasteiger partial charge in [-0.15, -0.1) is 0 Å². The second kappa shape index (κ2) is 2.61. The topological polar surface area (TPSA) is 6.25 Å². The Morgan fingerprint density at radius 3 is 1.71 bits per heavy atom. The first kappa shape index (κ1) is 6.47. The molecular formula is C5H12N2+. The van der Waals surface area contributed by atoms with E-state index in [1.165, 1.54) is 0 Å². The third kappa shape index (κ3) is 5.47. The predicted molar refractivity (Wildman–Crippen MR) is 30.8 cm³/mol. The van der Waals surface area contributed by atoms with Crippen LogP contribution in [0.15, 0.2) is 0 Å². The standard InChI is InChI=1S/C5H12N2/c1-6(2)5-7(3)4/h1-4H3/q+1. The minimum Gasteiger partial charge on any atom is -0.260 e. The summed E-state index contributed by atoms with van der Waals surface area (Å²) in [6.45, 7) is 0. The van der Waals surface area contributed by atoms with Crippen molar-refractivity contribution in [2.45, 2.75) is 0 Å². The van der Waals surface area contributed by atoms with Gasteiger partial charge in [0.25, 0.3) is 0 Å². The predicted octanol–water partition coefficient (Wildman–Crippen LogP) is -0.275. The maximum atomic E-state index is 2.97. The van der Waals surface area contributed by atoms with Gasteiger partial charge in [0.15, 0.2) is 0 Å². The molecule has 0 rings (SSSR count). The number of hydrogen-bond donors (Lipinski definition) is 0. The molecule has 0 saturated heterocycles. The van der Waals surface area contributed by atoms with Crippen LogP contribution in [0.3, 0.4) is 0 Å². The molecule has 2 nitrogen and oxygen atoms in total. The molecule has 0 atom stereocenters. The molecular weight excluding hydrogens is 88.1 g/mol. The Morgan fingerprint density at radius 1 is 1.29 bits per heavy atom. The van der Waals surface area contributed by atoms with Gasteiger partial charge in [0.1, 0.15) is 0 Å². The van der Waals surface area contributed by atoms with Gasteiger partial charge in [-0.1, -0.05) is 0 Å². The van der Waals surface area contributed by atoms with Gasteiger partial charge in [0.2, 0.25) is 0 Å². The summed E-state index contributed by atoms with van der Waals surface area (Å²) in [6.07, 6.45) is 2.97. The molecule has 0 aliphatic carbocycles. The van der Waals surface area contributed by atoms with Gasteiger partial charge < -0.3 is 0 Å². The highest BCUT2D eigenvalue weighted by molar-refractivity contribution is 5.47. The van der Waals surface area contributed by atoms with Crippen LogP contribution in [0.1, 0.15) is 0 Å². The third-order valence-corrected chi connectivity index (χ3v) is 0.400. The molecule has 0 bridgehead atoms. The average molecular weight is 100 g/mol. The van der Waals surface area contributed by atoms with E-state index in [-0.39, 0.29) is 0 Å². The molecule has 0 spiro atoms. The largest absolute Gasteiger partial charge is 0.361 e. The highest BCUT2D eigenvalue weighted by atomic mass is 15.1. The fourth-order valence-corrected chi connectivity index (χ4v) is 0.400. The minimum absolute atomic E-state index is 1.88. The van der Waals surface area contributed by atoms with E-state index in [0.717, 1.165) is 0 Å². The van der Waals surface area contributed by atoms with E-state index in [2.05, 4.69) is 6.34 Å². The van der Waals surface area contributed by atoms with Gasteiger partial charge in [0.05, 0.1) is 28.2 Å². The fourth-order valence-electron chi connectivity index (χ4n) is 0.400. The molecule has 0 aliphatic rings. The quantitative estimate of drug-likeness (QED) is 0.190. The first-order chi connectivity index (χ1) is 3.13. The van der Waals surface area contributed by atoms with Crippen LogP contribution in [0.4, 0.5) is 0 Å². The second-order valence-corrected chi connectivity index (χ2v) is 1.89. The Labute approximate surface area is 45.1 Å². The molecule has 7 heavy (non-hydrogen) atoms. The molecule has 2 heteroatoms. The lowest BCUT2D eigenvalue weighted by Crippen LogP contribution is -2.15. The van der Waals surface area contributed by atoms with Crippen molar-refractivity contribution in [2.75, 3.05) is 28.2 Å². The summed E-state index contributed by atoms with van der Waals surface area (Å²) >= 11 is 0. The van der Waals surface area contributed by atoms with Crippen LogP contribution < -0.4 is 0 Å². The Hall–Kier alpha value is -0.530. The summed E-state index contributed by atoms with van der Waals surface area (Å²) in [7, 11) is 7.78. The summed E-state index contributed by atoms with van der Waals surface area (Å²) in [5, 5.41) is 0. The molecule has 0 amide bonds. The van der Waals surface area contributed by atoms with Crippen molar-refractivity contribution >= 4 is 6.34 Å². The zero-order valence-electron chi connectivity index (χ0n) is 5.39. The zero-order valence-corrected chi connectivity index (χ0v) is 5.39. The highest BCUT2D eigenvalue weighted by Crippen LogP contribution is 1.59. The van der Waals surface area contributed by atoms with E-state index in [9.17, 15) is 0 Å². The highest BCUT2D eigenvalue weighted by Gasteiger charge is 1.86. The van der Waals surface area contributed by atoms with Crippen LogP contribution in [0.5, 0.6) is 0 Å². The van der Waals surface area contributed by atoms with Crippen molar-refractivity contribution < 1.29 is 4.58 Å². The second-order valence-electron chi connectivity index (χ2n) is 1.89. The molecule has 0 fully saturated rings. The lowest BCUT2D eigenvalue weighted by Gasteiger charge is -1.92. The van der Waals surface area contributed by atoms with Gasteiger partial charge in [-0.2, -0.15) is 0 Å². The molecule has 0 aromatic heterocycles. The summed E-state index contributed by atoms with van der Waals surface area (Å²) in [5.41, 5.74) is 0. The smallest absolute Gasteiger partial charge is 0.260 e. The Kier molecular flexibility index (Phi) is 2.41. The van der Waals surface area contributed by atoms with E-state index in [4.69, 9.17) is 0 Å². The minimum atomic E-state index is 1.88. The first-order valence-electron chi connectivity index (χ1n) is 2.24. The Balaban J connectivity index is 3.45. The number of nitrogens with zero attached hydrogens (tertiary/aromatic N) is 2. The van der Waals surface area contributed by atoms with Gasteiger partial charge in [-0.05, 0) is 0 Å². The van der Waals surface area contributed by atoms with Crippen LogP contribution in [0.2, 0.25) is 0 Å². The van der Waals surface area contributed by atoms with Gasteiger partial charge in [-0.25, -0.2) is 0 Å². The normalized spacial score (nSPS) is 8.00. The monoisotopic (exact) mass is 100 g/mol. The SMILES string of the molecule is CN(C)[C]=[N+](C)C. The Morgan fingerprint density at radius 2 is 1.71 bits per heavy atom. The van der Waals surface area contributed by atoms with Crippen molar-refractivity contribution in [3.8, 4) is 0 Å². The van der Waals surface area contributed by atoms with Gasteiger partial charge in [-0.3, -0.25) is 9.48 Å². The van der Waals surface area contributed by atoms with Crippen molar-refractivity contribution in [1.82, 2.24) is 4.90 Å². The van der Waals surface area contributed by atoms with Crippen LogP contribution >= 0.6 is 0 Å². The molecule has 0 unspecified atom stereocenters. The molecule has 0 aliphatic heterocycles. The molecule has 41 valence electrons. The van der Waals surface area contributed by atoms with Crippen molar-refractivity contribution in [3.63, 3.8) is 0 Å². The maximum Gasteiger partial charge on any atom is 0.361 e. The lowest BCUT2D eigenvalue weighted by molar-refractivity contribution is -0.464. The van der Waals surface area contributed by atoms with E-state index in [0.29, 0.717) is 0 Å². The molecule has 0 saturated carbocycles.